The molecule has 0 saturated heterocycles. The second-order valence-electron chi connectivity index (χ2n) is 6.34. The average molecular weight is 401 g/mol. The maximum atomic E-state index is 12.5. The largest absolute Gasteiger partial charge is 0.496 e. The Hall–Kier alpha value is -4.20. The molecule has 2 aromatic carbocycles. The molecule has 150 valence electrons. The highest BCUT2D eigenvalue weighted by molar-refractivity contribution is 6.06. The Balaban J connectivity index is 1.47. The van der Waals surface area contributed by atoms with E-state index in [-0.39, 0.29) is 5.91 Å². The number of rotatable bonds is 6. The molecule has 4 rings (SSSR count). The van der Waals surface area contributed by atoms with Crippen LogP contribution in [-0.4, -0.2) is 32.8 Å². The summed E-state index contributed by atoms with van der Waals surface area (Å²) in [6.45, 7) is 1.79. The molecule has 0 aliphatic carbocycles. The number of hydrogen-bond acceptors (Lipinski definition) is 6. The second kappa shape index (κ2) is 8.44. The average Bonchev–Trinajstić information content (AvgIpc) is 3.30. The number of carbonyl (C=O) groups is 1. The number of aromatic nitrogens is 4. The van der Waals surface area contributed by atoms with Crippen LogP contribution in [-0.2, 0) is 0 Å². The van der Waals surface area contributed by atoms with Gasteiger partial charge in [0.15, 0.2) is 5.82 Å². The number of aryl methyl sites for hydroxylation is 1. The number of nitrogens with zero attached hydrogens (tertiary/aromatic N) is 4. The van der Waals surface area contributed by atoms with Crippen LogP contribution in [0, 0.1) is 6.92 Å². The maximum Gasteiger partial charge on any atom is 0.259 e. The number of ether oxygens (including phenoxy) is 2. The first-order chi connectivity index (χ1) is 14.6. The number of methoxy groups -OCH3 is 1. The van der Waals surface area contributed by atoms with Gasteiger partial charge < -0.3 is 14.8 Å². The first-order valence-electron chi connectivity index (χ1n) is 9.20. The van der Waals surface area contributed by atoms with Gasteiger partial charge in [-0.1, -0.05) is 12.1 Å². The summed E-state index contributed by atoms with van der Waals surface area (Å²) in [5, 5.41) is 7.02. The summed E-state index contributed by atoms with van der Waals surface area (Å²) in [6, 6.07) is 17.6. The van der Waals surface area contributed by atoms with Crippen molar-refractivity contribution in [3.63, 3.8) is 0 Å². The van der Waals surface area contributed by atoms with Gasteiger partial charge in [-0.2, -0.15) is 10.1 Å². The van der Waals surface area contributed by atoms with Crippen molar-refractivity contribution in [2.24, 2.45) is 0 Å². The summed E-state index contributed by atoms with van der Waals surface area (Å²) >= 11 is 0. The molecule has 2 aromatic heterocycles. The standard InChI is InChI=1S/C22H19N5O3/c1-15-24-20(27-13-5-12-23-27)14-21(25-15)30-17-10-8-16(9-11-17)26-22(28)18-6-3-4-7-19(18)29-2/h3-14H,1-2H3,(H,26,28). The fourth-order valence-corrected chi connectivity index (χ4v) is 2.86. The van der Waals surface area contributed by atoms with Gasteiger partial charge in [-0.15, -0.1) is 0 Å². The molecule has 0 fully saturated rings. The fraction of sp³-hybridized carbons (Fsp3) is 0.0909. The lowest BCUT2D eigenvalue weighted by Gasteiger charge is -2.10. The van der Waals surface area contributed by atoms with Crippen molar-refractivity contribution < 1.29 is 14.3 Å². The molecule has 30 heavy (non-hydrogen) atoms. The second-order valence-corrected chi connectivity index (χ2v) is 6.34. The molecule has 2 heterocycles. The van der Waals surface area contributed by atoms with Gasteiger partial charge in [0, 0.05) is 24.1 Å². The van der Waals surface area contributed by atoms with Crippen LogP contribution in [0.25, 0.3) is 5.82 Å². The van der Waals surface area contributed by atoms with Gasteiger partial charge in [-0.3, -0.25) is 4.79 Å². The van der Waals surface area contributed by atoms with Crippen molar-refractivity contribution in [2.75, 3.05) is 12.4 Å². The molecule has 0 saturated carbocycles. The summed E-state index contributed by atoms with van der Waals surface area (Å²) < 4.78 is 12.7. The molecular weight excluding hydrogens is 382 g/mol. The Morgan fingerprint density at radius 1 is 1.03 bits per heavy atom. The Kier molecular flexibility index (Phi) is 5.38. The van der Waals surface area contributed by atoms with Gasteiger partial charge in [0.1, 0.15) is 17.3 Å². The number of carbonyl (C=O) groups excluding carboxylic acids is 1. The quantitative estimate of drug-likeness (QED) is 0.525. The third-order valence-electron chi connectivity index (χ3n) is 4.23. The highest BCUT2D eigenvalue weighted by Crippen LogP contribution is 2.24. The summed E-state index contributed by atoms with van der Waals surface area (Å²) in [7, 11) is 1.53. The Labute approximate surface area is 173 Å². The maximum absolute atomic E-state index is 12.5. The number of hydrogen-bond donors (Lipinski definition) is 1. The van der Waals surface area contributed by atoms with E-state index in [2.05, 4.69) is 20.4 Å². The molecule has 1 amide bonds. The third-order valence-corrected chi connectivity index (χ3v) is 4.23. The van der Waals surface area contributed by atoms with Crippen molar-refractivity contribution in [2.45, 2.75) is 6.92 Å². The predicted octanol–water partition coefficient (Wildman–Crippen LogP) is 4.02. The van der Waals surface area contributed by atoms with E-state index < -0.39 is 0 Å². The van der Waals surface area contributed by atoms with Gasteiger partial charge >= 0.3 is 0 Å². The molecule has 0 bridgehead atoms. The highest BCUT2D eigenvalue weighted by Gasteiger charge is 2.12. The number of nitrogens with one attached hydrogen (secondary N) is 1. The zero-order chi connectivity index (χ0) is 20.9. The lowest BCUT2D eigenvalue weighted by molar-refractivity contribution is 0.102. The minimum absolute atomic E-state index is 0.253. The number of para-hydroxylation sites is 1. The topological polar surface area (TPSA) is 91.2 Å². The van der Waals surface area contributed by atoms with Crippen molar-refractivity contribution in [1.82, 2.24) is 19.7 Å². The predicted molar refractivity (Wildman–Crippen MR) is 111 cm³/mol. The van der Waals surface area contributed by atoms with Crippen LogP contribution in [0.2, 0.25) is 0 Å². The van der Waals surface area contributed by atoms with Crippen LogP contribution in [0.15, 0.2) is 73.1 Å². The van der Waals surface area contributed by atoms with E-state index in [4.69, 9.17) is 9.47 Å². The van der Waals surface area contributed by atoms with Crippen LogP contribution in [0.4, 0.5) is 5.69 Å². The summed E-state index contributed by atoms with van der Waals surface area (Å²) in [6.07, 6.45) is 3.47. The third kappa shape index (κ3) is 4.27. The van der Waals surface area contributed by atoms with Crippen LogP contribution in [0.3, 0.4) is 0 Å². The summed E-state index contributed by atoms with van der Waals surface area (Å²) in [5.74, 6) is 2.42. The van der Waals surface area contributed by atoms with Crippen molar-refractivity contribution in [3.8, 4) is 23.2 Å². The number of amides is 1. The minimum Gasteiger partial charge on any atom is -0.496 e. The van der Waals surface area contributed by atoms with E-state index in [0.717, 1.165) is 0 Å². The molecule has 0 spiro atoms. The number of benzene rings is 2. The van der Waals surface area contributed by atoms with Crippen molar-refractivity contribution in [3.05, 3.63) is 84.4 Å². The first kappa shape index (κ1) is 19.1. The van der Waals surface area contributed by atoms with Crippen LogP contribution in [0.5, 0.6) is 17.4 Å². The Morgan fingerprint density at radius 3 is 2.57 bits per heavy atom. The Bertz CT molecular complexity index is 1160. The molecule has 8 nitrogen and oxygen atoms in total. The van der Waals surface area contributed by atoms with E-state index in [1.54, 1.807) is 72.5 Å². The van der Waals surface area contributed by atoms with Crippen molar-refractivity contribution >= 4 is 11.6 Å². The van der Waals surface area contributed by atoms with E-state index in [0.29, 0.717) is 40.3 Å². The summed E-state index contributed by atoms with van der Waals surface area (Å²) in [4.78, 5) is 21.2. The molecular formula is C22H19N5O3. The SMILES string of the molecule is COc1ccccc1C(=O)Nc1ccc(Oc2cc(-n3cccn3)nc(C)n2)cc1. The monoisotopic (exact) mass is 401 g/mol. The van der Waals surface area contributed by atoms with Gasteiger partial charge in [0.05, 0.1) is 12.7 Å². The van der Waals surface area contributed by atoms with Gasteiger partial charge in [0.25, 0.3) is 5.91 Å². The number of anilines is 1. The van der Waals surface area contributed by atoms with Gasteiger partial charge in [-0.05, 0) is 49.4 Å². The smallest absolute Gasteiger partial charge is 0.259 e. The van der Waals surface area contributed by atoms with Gasteiger partial charge in [0.2, 0.25) is 5.88 Å². The van der Waals surface area contributed by atoms with E-state index in [9.17, 15) is 4.79 Å². The normalized spacial score (nSPS) is 10.5. The summed E-state index contributed by atoms with van der Waals surface area (Å²) in [5.41, 5.74) is 1.09. The van der Waals surface area contributed by atoms with E-state index in [1.807, 2.05) is 12.1 Å². The molecule has 0 aliphatic heterocycles. The molecule has 4 aromatic rings. The fourth-order valence-electron chi connectivity index (χ4n) is 2.86. The molecule has 1 N–H and O–H groups in total. The Morgan fingerprint density at radius 2 is 1.83 bits per heavy atom. The molecule has 0 atom stereocenters. The van der Waals surface area contributed by atoms with E-state index in [1.165, 1.54) is 7.11 Å². The molecule has 0 radical (unpaired) electrons. The molecule has 8 heteroatoms. The minimum atomic E-state index is -0.253. The molecule has 0 aliphatic rings. The highest BCUT2D eigenvalue weighted by atomic mass is 16.5. The van der Waals surface area contributed by atoms with Crippen LogP contribution in [0.1, 0.15) is 16.2 Å². The lowest BCUT2D eigenvalue weighted by atomic mass is 10.2. The first-order valence-corrected chi connectivity index (χ1v) is 9.20. The van der Waals surface area contributed by atoms with Crippen molar-refractivity contribution in [1.29, 1.82) is 0 Å². The molecule has 0 unspecified atom stereocenters. The van der Waals surface area contributed by atoms with Gasteiger partial charge in [-0.25, -0.2) is 9.67 Å². The van der Waals surface area contributed by atoms with E-state index >= 15 is 0 Å². The van der Waals surface area contributed by atoms with Crippen LogP contribution < -0.4 is 14.8 Å². The zero-order valence-electron chi connectivity index (χ0n) is 16.4. The zero-order valence-corrected chi connectivity index (χ0v) is 16.4. The van der Waals surface area contributed by atoms with Crippen LogP contribution >= 0.6 is 0 Å². The lowest BCUT2D eigenvalue weighted by Crippen LogP contribution is -2.13.